The monoisotopic (exact) mass is 297 g/mol. The van der Waals surface area contributed by atoms with Crippen LogP contribution in [0, 0.1) is 17.3 Å². The van der Waals surface area contributed by atoms with Gasteiger partial charge < -0.3 is 10.4 Å². The molecular formula is C17H31NO3. The highest BCUT2D eigenvalue weighted by Crippen LogP contribution is 2.58. The molecule has 1 fully saturated rings. The first-order valence-corrected chi connectivity index (χ1v) is 8.43. The van der Waals surface area contributed by atoms with Crippen LogP contribution in [0.25, 0.3) is 0 Å². The van der Waals surface area contributed by atoms with Crippen molar-refractivity contribution in [3.8, 4) is 0 Å². The highest BCUT2D eigenvalue weighted by Gasteiger charge is 2.65. The molecule has 0 aromatic carbocycles. The second-order valence-electron chi connectivity index (χ2n) is 6.88. The summed E-state index contributed by atoms with van der Waals surface area (Å²) in [6.07, 6.45) is 9.90. The minimum Gasteiger partial charge on any atom is -0.481 e. The zero-order valence-corrected chi connectivity index (χ0v) is 13.8. The first-order chi connectivity index (χ1) is 9.92. The van der Waals surface area contributed by atoms with E-state index in [0.717, 1.165) is 12.8 Å². The molecule has 0 spiro atoms. The molecule has 0 aliphatic heterocycles. The van der Waals surface area contributed by atoms with Gasteiger partial charge in [0.2, 0.25) is 5.91 Å². The van der Waals surface area contributed by atoms with E-state index in [1.165, 1.54) is 38.5 Å². The quantitative estimate of drug-likeness (QED) is 0.573. The van der Waals surface area contributed by atoms with E-state index in [1.54, 1.807) is 0 Å². The number of unbranched alkanes of at least 4 members (excludes halogenated alkanes) is 7. The molecule has 4 heteroatoms. The van der Waals surface area contributed by atoms with Crippen molar-refractivity contribution in [1.29, 1.82) is 0 Å². The summed E-state index contributed by atoms with van der Waals surface area (Å²) in [6, 6.07) is 0. The number of carbonyl (C=O) groups excluding carboxylic acids is 1. The number of carboxylic acid groups (broad SMARTS) is 1. The van der Waals surface area contributed by atoms with Crippen LogP contribution < -0.4 is 5.32 Å². The van der Waals surface area contributed by atoms with Crippen LogP contribution in [-0.4, -0.2) is 23.5 Å². The third-order valence-electron chi connectivity index (χ3n) is 4.71. The Morgan fingerprint density at radius 3 is 1.95 bits per heavy atom. The second kappa shape index (κ2) is 8.40. The zero-order valence-electron chi connectivity index (χ0n) is 13.8. The van der Waals surface area contributed by atoms with Crippen LogP contribution in [0.2, 0.25) is 0 Å². The Balaban J connectivity index is 2.04. The van der Waals surface area contributed by atoms with Gasteiger partial charge in [0.15, 0.2) is 0 Å². The number of rotatable bonds is 11. The van der Waals surface area contributed by atoms with E-state index in [2.05, 4.69) is 12.2 Å². The van der Waals surface area contributed by atoms with E-state index >= 15 is 0 Å². The standard InChI is InChI=1S/C17H31NO3/c1-4-5-6-7-8-9-10-11-12-18-15(19)13-14(16(20)21)17(13,2)3/h13-14H,4-12H2,1-3H3,(H,18,19)(H,20,21)/t13-,14+/m1/s1. The molecule has 1 amide bonds. The van der Waals surface area contributed by atoms with Gasteiger partial charge in [-0.15, -0.1) is 0 Å². The van der Waals surface area contributed by atoms with Crippen LogP contribution in [-0.2, 0) is 9.59 Å². The number of hydrogen-bond acceptors (Lipinski definition) is 2. The fraction of sp³-hybridized carbons (Fsp3) is 0.882. The topological polar surface area (TPSA) is 66.4 Å². The molecule has 1 rings (SSSR count). The Morgan fingerprint density at radius 1 is 0.952 bits per heavy atom. The van der Waals surface area contributed by atoms with Gasteiger partial charge in [-0.2, -0.15) is 0 Å². The van der Waals surface area contributed by atoms with Gasteiger partial charge in [0, 0.05) is 6.54 Å². The van der Waals surface area contributed by atoms with Gasteiger partial charge in [-0.25, -0.2) is 0 Å². The SMILES string of the molecule is CCCCCCCCCCNC(=O)[C@H]1[C@@H](C(=O)O)C1(C)C. The Hall–Kier alpha value is -1.06. The zero-order chi connectivity index (χ0) is 15.9. The first kappa shape index (κ1) is 18.0. The molecule has 1 aliphatic carbocycles. The maximum Gasteiger partial charge on any atom is 0.307 e. The molecule has 0 saturated heterocycles. The van der Waals surface area contributed by atoms with Gasteiger partial charge >= 0.3 is 5.97 Å². The van der Waals surface area contributed by atoms with Crippen LogP contribution in [0.4, 0.5) is 0 Å². The predicted octanol–water partition coefficient (Wildman–Crippen LogP) is 3.60. The Labute approximate surface area is 128 Å². The number of amides is 1. The summed E-state index contributed by atoms with van der Waals surface area (Å²) in [6.45, 7) is 6.60. The lowest BCUT2D eigenvalue weighted by atomic mass is 10.1. The van der Waals surface area contributed by atoms with Crippen LogP contribution in [0.1, 0.15) is 72.1 Å². The summed E-state index contributed by atoms with van der Waals surface area (Å²) >= 11 is 0. The smallest absolute Gasteiger partial charge is 0.307 e. The van der Waals surface area contributed by atoms with Crippen molar-refractivity contribution in [3.63, 3.8) is 0 Å². The highest BCUT2D eigenvalue weighted by molar-refractivity contribution is 5.91. The lowest BCUT2D eigenvalue weighted by molar-refractivity contribution is -0.140. The molecule has 0 unspecified atom stereocenters. The molecule has 2 N–H and O–H groups in total. The van der Waals surface area contributed by atoms with Crippen molar-refractivity contribution in [2.75, 3.05) is 6.54 Å². The van der Waals surface area contributed by atoms with Crippen molar-refractivity contribution in [2.45, 2.75) is 72.1 Å². The molecule has 4 nitrogen and oxygen atoms in total. The molecule has 0 aromatic rings. The Kier molecular flexibility index (Phi) is 7.20. The summed E-state index contributed by atoms with van der Waals surface area (Å²) in [5.74, 6) is -1.82. The van der Waals surface area contributed by atoms with Gasteiger partial charge in [-0.1, -0.05) is 65.7 Å². The number of nitrogens with one attached hydrogen (secondary N) is 1. The molecule has 0 heterocycles. The lowest BCUT2D eigenvalue weighted by Gasteiger charge is -2.06. The largest absolute Gasteiger partial charge is 0.481 e. The van der Waals surface area contributed by atoms with E-state index in [9.17, 15) is 9.59 Å². The number of carboxylic acids is 1. The highest BCUT2D eigenvalue weighted by atomic mass is 16.4. The fourth-order valence-corrected chi connectivity index (χ4v) is 3.17. The molecule has 2 atom stereocenters. The summed E-state index contributed by atoms with van der Waals surface area (Å²) in [7, 11) is 0. The number of aliphatic carboxylic acids is 1. The van der Waals surface area contributed by atoms with Gasteiger partial charge in [0.1, 0.15) is 0 Å². The van der Waals surface area contributed by atoms with Gasteiger partial charge in [-0.3, -0.25) is 9.59 Å². The lowest BCUT2D eigenvalue weighted by Crippen LogP contribution is -2.28. The predicted molar refractivity (Wildman–Crippen MR) is 84.0 cm³/mol. The summed E-state index contributed by atoms with van der Waals surface area (Å²) in [5, 5.41) is 12.0. The van der Waals surface area contributed by atoms with E-state index in [1.807, 2.05) is 13.8 Å². The summed E-state index contributed by atoms with van der Waals surface area (Å²) in [4.78, 5) is 23.0. The van der Waals surface area contributed by atoms with E-state index in [-0.39, 0.29) is 11.8 Å². The maximum atomic E-state index is 12.0. The van der Waals surface area contributed by atoms with E-state index < -0.39 is 17.3 Å². The molecule has 0 aromatic heterocycles. The Bertz CT molecular complexity index is 352. The third-order valence-corrected chi connectivity index (χ3v) is 4.71. The van der Waals surface area contributed by atoms with Crippen LogP contribution >= 0.6 is 0 Å². The van der Waals surface area contributed by atoms with Crippen molar-refractivity contribution in [3.05, 3.63) is 0 Å². The molecule has 1 aliphatic rings. The van der Waals surface area contributed by atoms with Crippen molar-refractivity contribution in [1.82, 2.24) is 5.32 Å². The van der Waals surface area contributed by atoms with E-state index in [0.29, 0.717) is 6.54 Å². The maximum absolute atomic E-state index is 12.0. The van der Waals surface area contributed by atoms with E-state index in [4.69, 9.17) is 5.11 Å². The van der Waals surface area contributed by atoms with Crippen LogP contribution in [0.5, 0.6) is 0 Å². The fourth-order valence-electron chi connectivity index (χ4n) is 3.17. The van der Waals surface area contributed by atoms with Crippen LogP contribution in [0.3, 0.4) is 0 Å². The molecule has 0 bridgehead atoms. The van der Waals surface area contributed by atoms with Crippen molar-refractivity contribution < 1.29 is 14.7 Å². The minimum atomic E-state index is -0.854. The summed E-state index contributed by atoms with van der Waals surface area (Å²) < 4.78 is 0. The van der Waals surface area contributed by atoms with Gasteiger partial charge in [0.25, 0.3) is 0 Å². The van der Waals surface area contributed by atoms with Crippen molar-refractivity contribution in [2.24, 2.45) is 17.3 Å². The average molecular weight is 297 g/mol. The molecular weight excluding hydrogens is 266 g/mol. The molecule has 21 heavy (non-hydrogen) atoms. The average Bonchev–Trinajstić information content (AvgIpc) is 3.00. The first-order valence-electron chi connectivity index (χ1n) is 8.43. The Morgan fingerprint density at radius 2 is 1.48 bits per heavy atom. The summed E-state index contributed by atoms with van der Waals surface area (Å²) in [5.41, 5.74) is -0.394. The molecule has 1 saturated carbocycles. The van der Waals surface area contributed by atoms with Gasteiger partial charge in [-0.05, 0) is 11.8 Å². The minimum absolute atomic E-state index is 0.0876. The third kappa shape index (κ3) is 5.33. The second-order valence-corrected chi connectivity index (χ2v) is 6.88. The van der Waals surface area contributed by atoms with Crippen molar-refractivity contribution >= 4 is 11.9 Å². The number of hydrogen-bond donors (Lipinski definition) is 2. The molecule has 0 radical (unpaired) electrons. The van der Waals surface area contributed by atoms with Crippen LogP contribution in [0.15, 0.2) is 0 Å². The molecule has 122 valence electrons. The normalized spacial score (nSPS) is 22.8. The van der Waals surface area contributed by atoms with Gasteiger partial charge in [0.05, 0.1) is 11.8 Å². The number of carbonyl (C=O) groups is 2.